The summed E-state index contributed by atoms with van der Waals surface area (Å²) in [5.74, 6) is -0.171. The van der Waals surface area contributed by atoms with Gasteiger partial charge in [0.2, 0.25) is 0 Å². The van der Waals surface area contributed by atoms with E-state index in [-0.39, 0.29) is 11.9 Å². The fraction of sp³-hybridized carbons (Fsp3) is 0.500. The predicted octanol–water partition coefficient (Wildman–Crippen LogP) is 2.09. The van der Waals surface area contributed by atoms with Crippen molar-refractivity contribution in [1.29, 1.82) is 0 Å². The van der Waals surface area contributed by atoms with Crippen molar-refractivity contribution in [3.8, 4) is 5.69 Å². The first-order valence-corrected chi connectivity index (χ1v) is 8.58. The maximum atomic E-state index is 12.3. The number of fused-ring (bicyclic) bond motifs is 1. The fourth-order valence-corrected chi connectivity index (χ4v) is 3.21. The second-order valence-electron chi connectivity index (χ2n) is 6.60. The maximum Gasteiger partial charge on any atom is 0.273 e. The number of rotatable bonds is 4. The van der Waals surface area contributed by atoms with Gasteiger partial charge in [-0.1, -0.05) is 24.3 Å². The zero-order valence-corrected chi connectivity index (χ0v) is 14.8. The van der Waals surface area contributed by atoms with Crippen molar-refractivity contribution in [1.82, 2.24) is 25.2 Å². The van der Waals surface area contributed by atoms with Crippen LogP contribution in [0.4, 0.5) is 0 Å². The molecule has 0 spiro atoms. The second kappa shape index (κ2) is 6.73. The van der Waals surface area contributed by atoms with Gasteiger partial charge < -0.3 is 5.32 Å². The molecule has 1 aromatic carbocycles. The number of carbonyl (C=O) groups excluding carboxylic acids is 1. The highest BCUT2D eigenvalue weighted by Gasteiger charge is 2.22. The summed E-state index contributed by atoms with van der Waals surface area (Å²) in [6.45, 7) is 11.0. The normalized spacial score (nSPS) is 14.7. The number of hydrogen-bond donors (Lipinski definition) is 1. The fourth-order valence-electron chi connectivity index (χ4n) is 3.21. The lowest BCUT2D eigenvalue weighted by molar-refractivity contribution is 0.0937. The Balaban J connectivity index is 1.97. The first-order chi connectivity index (χ1) is 11.5. The lowest BCUT2D eigenvalue weighted by Gasteiger charge is -2.29. The molecule has 0 aliphatic carbocycles. The lowest BCUT2D eigenvalue weighted by Crippen LogP contribution is -2.31. The molecule has 0 bridgehead atoms. The number of carbonyl (C=O) groups is 1. The summed E-state index contributed by atoms with van der Waals surface area (Å²) in [5.41, 5.74) is 4.86. The van der Waals surface area contributed by atoms with Gasteiger partial charge in [0.1, 0.15) is 0 Å². The molecule has 6 heteroatoms. The largest absolute Gasteiger partial charge is 0.348 e. The van der Waals surface area contributed by atoms with Crippen molar-refractivity contribution < 1.29 is 4.79 Å². The van der Waals surface area contributed by atoms with Gasteiger partial charge in [-0.05, 0) is 50.9 Å². The highest BCUT2D eigenvalue weighted by Crippen LogP contribution is 2.26. The van der Waals surface area contributed by atoms with E-state index in [1.54, 1.807) is 4.68 Å². The number of benzene rings is 1. The molecule has 1 aromatic heterocycles. The Morgan fingerprint density at radius 1 is 1.38 bits per heavy atom. The Morgan fingerprint density at radius 3 is 2.88 bits per heavy atom. The average molecular weight is 327 g/mol. The summed E-state index contributed by atoms with van der Waals surface area (Å²) in [6.07, 6.45) is 0.992. The molecule has 2 heterocycles. The Labute approximate surface area is 142 Å². The number of aromatic nitrogens is 3. The van der Waals surface area contributed by atoms with Crippen LogP contribution in [0.15, 0.2) is 18.2 Å². The van der Waals surface area contributed by atoms with Gasteiger partial charge in [0.25, 0.3) is 5.91 Å². The molecule has 1 aliphatic heterocycles. The highest BCUT2D eigenvalue weighted by atomic mass is 16.2. The number of amides is 1. The van der Waals surface area contributed by atoms with Gasteiger partial charge in [-0.25, -0.2) is 4.68 Å². The molecule has 6 nitrogen and oxygen atoms in total. The van der Waals surface area contributed by atoms with Crippen molar-refractivity contribution in [2.24, 2.45) is 0 Å². The third-order valence-electron chi connectivity index (χ3n) is 4.53. The molecule has 128 valence electrons. The van der Waals surface area contributed by atoms with Crippen molar-refractivity contribution in [2.45, 2.75) is 46.7 Å². The van der Waals surface area contributed by atoms with Gasteiger partial charge in [0, 0.05) is 19.1 Å². The molecule has 0 saturated heterocycles. The van der Waals surface area contributed by atoms with Crippen LogP contribution < -0.4 is 5.32 Å². The molecule has 0 unspecified atom stereocenters. The summed E-state index contributed by atoms with van der Waals surface area (Å²) in [5, 5.41) is 11.2. The van der Waals surface area contributed by atoms with E-state index in [4.69, 9.17) is 0 Å². The van der Waals surface area contributed by atoms with E-state index in [0.29, 0.717) is 5.69 Å². The van der Waals surface area contributed by atoms with Gasteiger partial charge >= 0.3 is 0 Å². The molecule has 0 atom stereocenters. The number of nitrogens with zero attached hydrogens (tertiary/aromatic N) is 4. The summed E-state index contributed by atoms with van der Waals surface area (Å²) in [6, 6.07) is 6.37. The van der Waals surface area contributed by atoms with Crippen LogP contribution in [0.25, 0.3) is 5.69 Å². The van der Waals surface area contributed by atoms with E-state index in [1.165, 1.54) is 11.1 Å². The van der Waals surface area contributed by atoms with Gasteiger partial charge in [0.15, 0.2) is 5.69 Å². The topological polar surface area (TPSA) is 63.1 Å². The molecule has 1 amide bonds. The van der Waals surface area contributed by atoms with E-state index >= 15 is 0 Å². The van der Waals surface area contributed by atoms with Crippen LogP contribution in [0.3, 0.4) is 0 Å². The molecule has 1 N–H and O–H groups in total. The van der Waals surface area contributed by atoms with Gasteiger partial charge in [-0.3, -0.25) is 9.69 Å². The predicted molar refractivity (Wildman–Crippen MR) is 93.4 cm³/mol. The Hall–Kier alpha value is -2.21. The van der Waals surface area contributed by atoms with Gasteiger partial charge in [0.05, 0.1) is 11.4 Å². The number of hydrogen-bond acceptors (Lipinski definition) is 4. The molecular formula is C18H25N5O. The van der Waals surface area contributed by atoms with Crippen molar-refractivity contribution >= 4 is 5.91 Å². The zero-order valence-electron chi connectivity index (χ0n) is 14.8. The molecule has 0 saturated carbocycles. The standard InChI is InChI=1S/C18H25N5O/c1-5-22-10-9-15-14(11-22)7-6-8-16(15)23-13(4)17(20-21-23)18(24)19-12(2)3/h6-8,12H,5,9-11H2,1-4H3,(H,19,24). The zero-order chi connectivity index (χ0) is 17.3. The smallest absolute Gasteiger partial charge is 0.273 e. The SMILES string of the molecule is CCN1CCc2c(cccc2-n2nnc(C(=O)NC(C)C)c2C)C1. The summed E-state index contributed by atoms with van der Waals surface area (Å²) in [7, 11) is 0. The van der Waals surface area contributed by atoms with Crippen LogP contribution in [0.2, 0.25) is 0 Å². The minimum absolute atomic E-state index is 0.0755. The van der Waals surface area contributed by atoms with Crippen LogP contribution in [0.5, 0.6) is 0 Å². The third kappa shape index (κ3) is 3.06. The van der Waals surface area contributed by atoms with Crippen LogP contribution in [-0.2, 0) is 13.0 Å². The molecule has 0 fully saturated rings. The van der Waals surface area contributed by atoms with Crippen molar-refractivity contribution in [2.75, 3.05) is 13.1 Å². The summed E-state index contributed by atoms with van der Waals surface area (Å²) in [4.78, 5) is 14.7. The molecule has 1 aliphatic rings. The molecule has 3 rings (SSSR count). The third-order valence-corrected chi connectivity index (χ3v) is 4.53. The molecule has 2 aromatic rings. The summed E-state index contributed by atoms with van der Waals surface area (Å²) >= 11 is 0. The first kappa shape index (κ1) is 16.6. The quantitative estimate of drug-likeness (QED) is 0.934. The second-order valence-corrected chi connectivity index (χ2v) is 6.60. The molecule has 0 radical (unpaired) electrons. The van der Waals surface area contributed by atoms with Crippen LogP contribution >= 0.6 is 0 Å². The van der Waals surface area contributed by atoms with Gasteiger partial charge in [-0.15, -0.1) is 5.10 Å². The lowest BCUT2D eigenvalue weighted by atomic mass is 9.97. The molecular weight excluding hydrogens is 302 g/mol. The number of nitrogens with one attached hydrogen (secondary N) is 1. The van der Waals surface area contributed by atoms with Gasteiger partial charge in [-0.2, -0.15) is 0 Å². The van der Waals surface area contributed by atoms with Crippen LogP contribution in [0.1, 0.15) is 48.1 Å². The van der Waals surface area contributed by atoms with Crippen molar-refractivity contribution in [3.05, 3.63) is 40.7 Å². The van der Waals surface area contributed by atoms with E-state index in [0.717, 1.165) is 37.4 Å². The van der Waals surface area contributed by atoms with Crippen LogP contribution in [0, 0.1) is 6.92 Å². The Kier molecular flexibility index (Phi) is 4.66. The Morgan fingerprint density at radius 2 is 2.17 bits per heavy atom. The minimum Gasteiger partial charge on any atom is -0.348 e. The summed E-state index contributed by atoms with van der Waals surface area (Å²) < 4.78 is 1.80. The monoisotopic (exact) mass is 327 g/mol. The van der Waals surface area contributed by atoms with E-state index in [9.17, 15) is 4.79 Å². The van der Waals surface area contributed by atoms with Crippen molar-refractivity contribution in [3.63, 3.8) is 0 Å². The Bertz CT molecular complexity index is 750. The molecule has 24 heavy (non-hydrogen) atoms. The number of likely N-dealkylation sites (N-methyl/N-ethyl adjacent to an activating group) is 1. The van der Waals surface area contributed by atoms with E-state index in [1.807, 2.05) is 20.8 Å². The average Bonchev–Trinajstić information content (AvgIpc) is 2.94. The highest BCUT2D eigenvalue weighted by molar-refractivity contribution is 5.93. The minimum atomic E-state index is -0.171. The van der Waals surface area contributed by atoms with E-state index < -0.39 is 0 Å². The van der Waals surface area contributed by atoms with E-state index in [2.05, 4.69) is 45.7 Å². The van der Waals surface area contributed by atoms with Crippen LogP contribution in [-0.4, -0.2) is 44.9 Å². The first-order valence-electron chi connectivity index (χ1n) is 8.58. The maximum absolute atomic E-state index is 12.3.